The molecule has 0 aliphatic rings. The van der Waals surface area contributed by atoms with Crippen molar-refractivity contribution in [3.63, 3.8) is 0 Å². The van der Waals surface area contributed by atoms with Gasteiger partial charge in [-0.3, -0.25) is 14.9 Å². The van der Waals surface area contributed by atoms with E-state index in [1.165, 1.54) is 39.9 Å². The van der Waals surface area contributed by atoms with Crippen LogP contribution in [0.5, 0.6) is 0 Å². The van der Waals surface area contributed by atoms with Crippen LogP contribution in [-0.2, 0) is 4.79 Å². The Morgan fingerprint density at radius 1 is 1.50 bits per heavy atom. The summed E-state index contributed by atoms with van der Waals surface area (Å²) in [6, 6.07) is 2.91. The van der Waals surface area contributed by atoms with Crippen molar-refractivity contribution in [3.05, 3.63) is 28.4 Å². The van der Waals surface area contributed by atoms with E-state index < -0.39 is 10.9 Å². The normalized spacial score (nSPS) is 9.22. The van der Waals surface area contributed by atoms with Crippen molar-refractivity contribution in [2.45, 2.75) is 11.4 Å². The van der Waals surface area contributed by atoms with Gasteiger partial charge in [0.2, 0.25) is 0 Å². The third-order valence-electron chi connectivity index (χ3n) is 1.48. The molecule has 0 fully saturated rings. The molecule has 0 radical (unpaired) electrons. The van der Waals surface area contributed by atoms with Crippen molar-refractivity contribution < 1.29 is 14.8 Å². The first-order valence-electron chi connectivity index (χ1n) is 4.41. The van der Waals surface area contributed by atoms with Gasteiger partial charge in [-0.25, -0.2) is 4.98 Å². The Labute approximate surface area is 122 Å². The Bertz CT molecular complexity index is 387. The zero-order chi connectivity index (χ0) is 14.0. The van der Waals surface area contributed by atoms with Crippen LogP contribution in [0.3, 0.4) is 0 Å². The average molecular weight is 326 g/mol. The van der Waals surface area contributed by atoms with Gasteiger partial charge in [0.1, 0.15) is 11.2 Å². The van der Waals surface area contributed by atoms with E-state index in [0.29, 0.717) is 10.8 Å². The second kappa shape index (κ2) is 10.4. The van der Waals surface area contributed by atoms with E-state index in [-0.39, 0.29) is 12.1 Å². The highest BCUT2D eigenvalue weighted by Gasteiger charge is 2.05. The lowest BCUT2D eigenvalue weighted by atomic mass is 10.4. The molecule has 0 aliphatic carbocycles. The van der Waals surface area contributed by atoms with Crippen molar-refractivity contribution in [1.29, 1.82) is 0 Å². The Morgan fingerprint density at radius 3 is 2.61 bits per heavy atom. The summed E-state index contributed by atoms with van der Waals surface area (Å²) in [5.41, 5.74) is -0.0557. The maximum Gasteiger partial charge on any atom is 0.304 e. The molecule has 0 spiro atoms. The summed E-state index contributed by atoms with van der Waals surface area (Å²) in [6.07, 6.45) is 1.27. The highest BCUT2D eigenvalue weighted by molar-refractivity contribution is 8.76. The van der Waals surface area contributed by atoms with Gasteiger partial charge in [0, 0.05) is 11.8 Å². The van der Waals surface area contributed by atoms with Crippen molar-refractivity contribution in [3.8, 4) is 0 Å². The van der Waals surface area contributed by atoms with E-state index in [4.69, 9.17) is 5.11 Å². The van der Waals surface area contributed by atoms with Gasteiger partial charge in [-0.1, -0.05) is 10.8 Å². The number of hydrogen-bond acceptors (Lipinski definition) is 8. The van der Waals surface area contributed by atoms with Crippen molar-refractivity contribution >= 4 is 56.6 Å². The van der Waals surface area contributed by atoms with Crippen LogP contribution in [0.1, 0.15) is 6.42 Å². The zero-order valence-corrected chi connectivity index (χ0v) is 12.3. The molecule has 1 rings (SSSR count). The van der Waals surface area contributed by atoms with Crippen LogP contribution >= 0.6 is 44.9 Å². The van der Waals surface area contributed by atoms with Gasteiger partial charge >= 0.3 is 5.97 Å². The van der Waals surface area contributed by atoms with Crippen LogP contribution in [0.15, 0.2) is 23.4 Å². The van der Waals surface area contributed by atoms with Crippen molar-refractivity contribution in [1.82, 2.24) is 4.98 Å². The molecule has 18 heavy (non-hydrogen) atoms. The lowest BCUT2D eigenvalue weighted by Gasteiger charge is -1.98. The molecule has 1 aromatic heterocycles. The summed E-state index contributed by atoms with van der Waals surface area (Å²) in [5, 5.41) is 19.4. The third kappa shape index (κ3) is 7.69. The number of thiol groups is 2. The molecule has 0 saturated heterocycles. The first-order chi connectivity index (χ1) is 8.59. The minimum atomic E-state index is -0.843. The highest BCUT2D eigenvalue weighted by atomic mass is 33.1. The van der Waals surface area contributed by atoms with Crippen LogP contribution in [0.25, 0.3) is 0 Å². The van der Waals surface area contributed by atoms with Crippen LogP contribution in [0, 0.1) is 10.1 Å². The molecule has 0 aliphatic heterocycles. The van der Waals surface area contributed by atoms with Gasteiger partial charge in [0.15, 0.2) is 0 Å². The second-order valence-electron chi connectivity index (χ2n) is 2.66. The molecule has 0 bridgehead atoms. The Morgan fingerprint density at radius 2 is 2.17 bits per heavy atom. The molecule has 0 amide bonds. The van der Waals surface area contributed by atoms with Gasteiger partial charge < -0.3 is 5.11 Å². The number of carboxylic acid groups (broad SMARTS) is 1. The average Bonchev–Trinajstić information content (AvgIpc) is 2.37. The van der Waals surface area contributed by atoms with E-state index in [9.17, 15) is 14.9 Å². The number of aromatic nitrogens is 1. The van der Waals surface area contributed by atoms with E-state index in [1.54, 1.807) is 0 Å². The molecule has 1 N–H and O–H groups in total. The quantitative estimate of drug-likeness (QED) is 0.243. The number of pyridine rings is 1. The number of aliphatic carboxylic acids is 1. The molecule has 1 heterocycles. The lowest BCUT2D eigenvalue weighted by Crippen LogP contribution is -1.94. The molecule has 1 aromatic rings. The summed E-state index contributed by atoms with van der Waals surface area (Å²) in [5.74, 6) is -0.372. The molecular formula is C8H10N2O4S4. The molecule has 10 heteroatoms. The molecule has 6 nitrogen and oxygen atoms in total. The fourth-order valence-corrected chi connectivity index (χ4v) is 2.60. The molecule has 0 unspecified atom stereocenters. The van der Waals surface area contributed by atoms with Gasteiger partial charge in [-0.05, 0) is 16.9 Å². The van der Waals surface area contributed by atoms with Crippen LogP contribution < -0.4 is 0 Å². The first-order valence-corrected chi connectivity index (χ1v) is 8.33. The molecule has 0 aromatic carbocycles. The Hall–Kier alpha value is -0.580. The first kappa shape index (κ1) is 17.4. The molecular weight excluding hydrogens is 316 g/mol. The zero-order valence-electron chi connectivity index (χ0n) is 8.92. The summed E-state index contributed by atoms with van der Waals surface area (Å²) < 4.78 is 0. The standard InChI is InChI=1S/C8H8N2O4S2.H2S2/c11-8(12)3-4-15-16-7-2-1-6(5-9-7)10(13)14;1-2/h1-2,5H,3-4H2,(H,11,12);1-2H. The van der Waals surface area contributed by atoms with E-state index in [0.717, 1.165) is 0 Å². The lowest BCUT2D eigenvalue weighted by molar-refractivity contribution is -0.385. The second-order valence-corrected chi connectivity index (χ2v) is 5.10. The third-order valence-corrected chi connectivity index (χ3v) is 3.74. The van der Waals surface area contributed by atoms with Crippen LogP contribution in [0.2, 0.25) is 0 Å². The Balaban J connectivity index is 0.00000137. The summed E-state index contributed by atoms with van der Waals surface area (Å²) in [7, 11) is 2.65. The fourth-order valence-electron chi connectivity index (χ4n) is 0.761. The van der Waals surface area contributed by atoms with E-state index in [1.807, 2.05) is 0 Å². The summed E-state index contributed by atoms with van der Waals surface area (Å²) in [6.45, 7) is 0. The fraction of sp³-hybridized carbons (Fsp3) is 0.250. The minimum Gasteiger partial charge on any atom is -0.481 e. The number of rotatable bonds is 6. The van der Waals surface area contributed by atoms with Crippen molar-refractivity contribution in [2.75, 3.05) is 5.75 Å². The van der Waals surface area contributed by atoms with E-state index >= 15 is 0 Å². The number of nitro groups is 1. The number of nitrogens with zero attached hydrogens (tertiary/aromatic N) is 2. The number of carbonyl (C=O) groups is 1. The molecule has 0 atom stereocenters. The van der Waals surface area contributed by atoms with Crippen molar-refractivity contribution in [2.24, 2.45) is 0 Å². The maximum absolute atomic E-state index is 10.3. The van der Waals surface area contributed by atoms with Crippen LogP contribution in [-0.4, -0.2) is 26.7 Å². The summed E-state index contributed by atoms with van der Waals surface area (Å²) in [4.78, 5) is 23.9. The van der Waals surface area contributed by atoms with Crippen LogP contribution in [0.4, 0.5) is 5.69 Å². The largest absolute Gasteiger partial charge is 0.481 e. The topological polar surface area (TPSA) is 93.3 Å². The molecule has 0 saturated carbocycles. The number of hydrogen-bond donors (Lipinski definition) is 3. The predicted octanol–water partition coefficient (Wildman–Crippen LogP) is 2.97. The van der Waals surface area contributed by atoms with Gasteiger partial charge in [-0.15, -0.1) is 23.3 Å². The van der Waals surface area contributed by atoms with Gasteiger partial charge in [0.25, 0.3) is 5.69 Å². The minimum absolute atomic E-state index is 0.0557. The molecule has 100 valence electrons. The van der Waals surface area contributed by atoms with Gasteiger partial charge in [0.05, 0.1) is 11.3 Å². The monoisotopic (exact) mass is 326 g/mol. The van der Waals surface area contributed by atoms with Gasteiger partial charge in [-0.2, -0.15) is 0 Å². The Kier molecular flexibility index (Phi) is 10.0. The smallest absolute Gasteiger partial charge is 0.304 e. The number of carboxylic acids is 1. The van der Waals surface area contributed by atoms with E-state index in [2.05, 4.69) is 28.3 Å². The predicted molar refractivity (Wildman–Crippen MR) is 79.4 cm³/mol. The SMILES string of the molecule is O=C(O)CCSSc1ccc([N+](=O)[O-])cn1.SS. The summed E-state index contributed by atoms with van der Waals surface area (Å²) >= 11 is 6.44. The maximum atomic E-state index is 10.3. The highest BCUT2D eigenvalue weighted by Crippen LogP contribution is 2.30.